The molecular weight excluding hydrogens is 195 g/mol. The Balaban J connectivity index is 2.38. The molecule has 0 spiro atoms. The van der Waals surface area contributed by atoms with E-state index in [1.54, 1.807) is 6.92 Å². The van der Waals surface area contributed by atoms with Gasteiger partial charge >= 0.3 is 6.18 Å². The highest BCUT2D eigenvalue weighted by Gasteiger charge is 2.32. The van der Waals surface area contributed by atoms with Crippen molar-refractivity contribution in [2.24, 2.45) is 0 Å². The zero-order valence-electron chi connectivity index (χ0n) is 7.31. The van der Waals surface area contributed by atoms with E-state index in [2.05, 4.69) is 15.6 Å². The molecule has 76 valence electrons. The van der Waals surface area contributed by atoms with Gasteiger partial charge in [-0.25, -0.2) is 4.98 Å². The van der Waals surface area contributed by atoms with Crippen LogP contribution in [0.2, 0.25) is 0 Å². The van der Waals surface area contributed by atoms with Gasteiger partial charge in [0.2, 0.25) is 0 Å². The minimum Gasteiger partial charge on any atom is -0.363 e. The molecule has 14 heavy (non-hydrogen) atoms. The number of aromatic nitrogens is 1. The minimum absolute atomic E-state index is 0.0824. The molecule has 0 aromatic carbocycles. The summed E-state index contributed by atoms with van der Waals surface area (Å²) in [6, 6.07) is 1.05. The summed E-state index contributed by atoms with van der Waals surface area (Å²) < 4.78 is 36.8. The van der Waals surface area contributed by atoms with Gasteiger partial charge in [0.25, 0.3) is 0 Å². The van der Waals surface area contributed by atoms with Crippen LogP contribution >= 0.6 is 0 Å². The van der Waals surface area contributed by atoms with Gasteiger partial charge in [-0.05, 0) is 13.0 Å². The van der Waals surface area contributed by atoms with Crippen LogP contribution in [0.1, 0.15) is 12.5 Å². The molecule has 2 heterocycles. The topological polar surface area (TPSA) is 37.0 Å². The first-order valence-electron chi connectivity index (χ1n) is 4.07. The van der Waals surface area contributed by atoms with Crippen LogP contribution in [0.3, 0.4) is 0 Å². The molecule has 0 amide bonds. The number of alkyl halides is 3. The van der Waals surface area contributed by atoms with Gasteiger partial charge in [0.05, 0.1) is 17.4 Å². The standard InChI is InChI=1S/C8H8F3N3/c1-4-13-6-2-5(8(9,10)11)3-12-7(6)14-4/h2-4,13H,1H3,(H,12,14). The van der Waals surface area contributed by atoms with Crippen LogP contribution in [0.25, 0.3) is 0 Å². The van der Waals surface area contributed by atoms with Crippen molar-refractivity contribution in [3.8, 4) is 0 Å². The van der Waals surface area contributed by atoms with Crippen molar-refractivity contribution < 1.29 is 13.2 Å². The van der Waals surface area contributed by atoms with Crippen molar-refractivity contribution in [3.05, 3.63) is 17.8 Å². The number of hydrogen-bond donors (Lipinski definition) is 2. The molecule has 1 unspecified atom stereocenters. The summed E-state index contributed by atoms with van der Waals surface area (Å²) >= 11 is 0. The Bertz CT molecular complexity index is 361. The quantitative estimate of drug-likeness (QED) is 0.679. The molecule has 0 fully saturated rings. The second kappa shape index (κ2) is 2.76. The van der Waals surface area contributed by atoms with Gasteiger partial charge in [-0.3, -0.25) is 0 Å². The van der Waals surface area contributed by atoms with E-state index in [0.717, 1.165) is 12.3 Å². The van der Waals surface area contributed by atoms with Gasteiger partial charge in [-0.1, -0.05) is 0 Å². The van der Waals surface area contributed by atoms with Crippen molar-refractivity contribution in [3.63, 3.8) is 0 Å². The van der Waals surface area contributed by atoms with E-state index in [9.17, 15) is 13.2 Å². The smallest absolute Gasteiger partial charge is 0.363 e. The zero-order chi connectivity index (χ0) is 10.3. The predicted molar refractivity (Wildman–Crippen MR) is 45.9 cm³/mol. The Morgan fingerprint density at radius 2 is 2.07 bits per heavy atom. The minimum atomic E-state index is -4.34. The largest absolute Gasteiger partial charge is 0.417 e. The average Bonchev–Trinajstić information content (AvgIpc) is 2.41. The lowest BCUT2D eigenvalue weighted by Gasteiger charge is -2.06. The van der Waals surface area contributed by atoms with E-state index in [0.29, 0.717) is 11.5 Å². The summed E-state index contributed by atoms with van der Waals surface area (Å²) in [5, 5.41) is 5.72. The van der Waals surface area contributed by atoms with Crippen molar-refractivity contribution in [2.45, 2.75) is 19.3 Å². The fraction of sp³-hybridized carbons (Fsp3) is 0.375. The van der Waals surface area contributed by atoms with E-state index < -0.39 is 11.7 Å². The van der Waals surface area contributed by atoms with Crippen LogP contribution in [-0.2, 0) is 6.18 Å². The lowest BCUT2D eigenvalue weighted by Crippen LogP contribution is -2.16. The molecule has 2 N–H and O–H groups in total. The summed E-state index contributed by atoms with van der Waals surface area (Å²) in [6.07, 6.45) is -3.60. The lowest BCUT2D eigenvalue weighted by molar-refractivity contribution is -0.137. The van der Waals surface area contributed by atoms with E-state index in [-0.39, 0.29) is 6.17 Å². The first kappa shape index (κ1) is 9.11. The molecule has 1 aliphatic heterocycles. The Hall–Kier alpha value is -1.46. The highest BCUT2D eigenvalue weighted by molar-refractivity contribution is 5.70. The third-order valence-corrected chi connectivity index (χ3v) is 1.94. The summed E-state index contributed by atoms with van der Waals surface area (Å²) in [5.41, 5.74) is -0.341. The van der Waals surface area contributed by atoms with Crippen molar-refractivity contribution in [1.82, 2.24) is 4.98 Å². The van der Waals surface area contributed by atoms with Crippen LogP contribution in [0.4, 0.5) is 24.7 Å². The van der Waals surface area contributed by atoms with E-state index in [1.165, 1.54) is 0 Å². The molecule has 3 nitrogen and oxygen atoms in total. The highest BCUT2D eigenvalue weighted by atomic mass is 19.4. The van der Waals surface area contributed by atoms with Crippen LogP contribution < -0.4 is 10.6 Å². The summed E-state index contributed by atoms with van der Waals surface area (Å²) in [6.45, 7) is 1.80. The molecule has 1 aromatic rings. The number of fused-ring (bicyclic) bond motifs is 1. The third kappa shape index (κ3) is 1.47. The van der Waals surface area contributed by atoms with Crippen LogP contribution in [0.5, 0.6) is 0 Å². The maximum absolute atomic E-state index is 12.3. The molecule has 0 saturated carbocycles. The van der Waals surface area contributed by atoms with Crippen LogP contribution in [0, 0.1) is 0 Å². The molecule has 6 heteroatoms. The van der Waals surface area contributed by atoms with Gasteiger partial charge in [0.15, 0.2) is 5.82 Å². The number of rotatable bonds is 0. The first-order valence-corrected chi connectivity index (χ1v) is 4.07. The average molecular weight is 203 g/mol. The monoisotopic (exact) mass is 203 g/mol. The molecule has 0 radical (unpaired) electrons. The van der Waals surface area contributed by atoms with Gasteiger partial charge in [-0.15, -0.1) is 0 Å². The summed E-state index contributed by atoms with van der Waals surface area (Å²) in [5.74, 6) is 0.463. The molecule has 1 atom stereocenters. The molecular formula is C8H8F3N3. The third-order valence-electron chi connectivity index (χ3n) is 1.94. The predicted octanol–water partition coefficient (Wildman–Crippen LogP) is 2.28. The fourth-order valence-corrected chi connectivity index (χ4v) is 1.32. The molecule has 0 saturated heterocycles. The van der Waals surface area contributed by atoms with E-state index >= 15 is 0 Å². The number of anilines is 2. The number of halogens is 3. The second-order valence-electron chi connectivity index (χ2n) is 3.13. The molecule has 2 rings (SSSR count). The van der Waals surface area contributed by atoms with Gasteiger partial charge < -0.3 is 10.6 Å². The normalized spacial score (nSPS) is 19.9. The van der Waals surface area contributed by atoms with Crippen LogP contribution in [-0.4, -0.2) is 11.1 Å². The molecule has 1 aliphatic rings. The van der Waals surface area contributed by atoms with Gasteiger partial charge in [0, 0.05) is 6.20 Å². The summed E-state index contributed by atoms with van der Waals surface area (Å²) in [7, 11) is 0. The maximum atomic E-state index is 12.3. The second-order valence-corrected chi connectivity index (χ2v) is 3.13. The van der Waals surface area contributed by atoms with Crippen molar-refractivity contribution in [2.75, 3.05) is 10.6 Å². The fourth-order valence-electron chi connectivity index (χ4n) is 1.32. The molecule has 1 aromatic heterocycles. The zero-order valence-corrected chi connectivity index (χ0v) is 7.31. The van der Waals surface area contributed by atoms with E-state index in [1.807, 2.05) is 0 Å². The Morgan fingerprint density at radius 1 is 1.36 bits per heavy atom. The van der Waals surface area contributed by atoms with Gasteiger partial charge in [-0.2, -0.15) is 13.2 Å². The Morgan fingerprint density at radius 3 is 2.71 bits per heavy atom. The van der Waals surface area contributed by atoms with Crippen molar-refractivity contribution in [1.29, 1.82) is 0 Å². The molecule has 0 aliphatic carbocycles. The Kier molecular flexibility index (Phi) is 1.80. The first-order chi connectivity index (χ1) is 6.47. The number of hydrogen-bond acceptors (Lipinski definition) is 3. The number of nitrogens with zero attached hydrogens (tertiary/aromatic N) is 1. The van der Waals surface area contributed by atoms with E-state index in [4.69, 9.17) is 0 Å². The van der Waals surface area contributed by atoms with Crippen LogP contribution in [0.15, 0.2) is 12.3 Å². The molecule has 0 bridgehead atoms. The van der Waals surface area contributed by atoms with Crippen molar-refractivity contribution >= 4 is 11.5 Å². The highest BCUT2D eigenvalue weighted by Crippen LogP contribution is 2.34. The lowest BCUT2D eigenvalue weighted by atomic mass is 10.2. The SMILES string of the molecule is CC1Nc2cc(C(F)(F)F)cnc2N1. The summed E-state index contributed by atoms with van der Waals surface area (Å²) in [4.78, 5) is 3.68. The Labute approximate surface area is 78.3 Å². The number of pyridine rings is 1. The maximum Gasteiger partial charge on any atom is 0.417 e. The van der Waals surface area contributed by atoms with Gasteiger partial charge in [0.1, 0.15) is 0 Å². The number of nitrogens with one attached hydrogen (secondary N) is 2.